The summed E-state index contributed by atoms with van der Waals surface area (Å²) in [6.07, 6.45) is 7.74. The van der Waals surface area contributed by atoms with E-state index in [0.29, 0.717) is 19.5 Å². The summed E-state index contributed by atoms with van der Waals surface area (Å²) in [6, 6.07) is 10.2. The van der Waals surface area contributed by atoms with E-state index in [1.165, 1.54) is 4.88 Å². The minimum Gasteiger partial charge on any atom is -0.376 e. The predicted octanol–water partition coefficient (Wildman–Crippen LogP) is 4.11. The first-order valence-corrected chi connectivity index (χ1v) is 10.1. The summed E-state index contributed by atoms with van der Waals surface area (Å²) in [5, 5.41) is 0. The second-order valence-corrected chi connectivity index (χ2v) is 7.55. The summed E-state index contributed by atoms with van der Waals surface area (Å²) < 4.78 is 5.74. The molecule has 0 N–H and O–H groups in total. The highest BCUT2D eigenvalue weighted by atomic mass is 32.1. The number of carbonyl (C=O) groups is 1. The van der Waals surface area contributed by atoms with E-state index in [0.717, 1.165) is 37.1 Å². The summed E-state index contributed by atoms with van der Waals surface area (Å²) in [6.45, 7) is 4.12. The van der Waals surface area contributed by atoms with Crippen molar-refractivity contribution >= 4 is 23.3 Å². The van der Waals surface area contributed by atoms with Crippen molar-refractivity contribution < 1.29 is 9.53 Å². The third kappa shape index (κ3) is 5.51. The fourth-order valence-corrected chi connectivity index (χ4v) is 3.92. The molecule has 2 aromatic rings. The number of nitrogens with zero attached hydrogens (tertiary/aromatic N) is 2. The van der Waals surface area contributed by atoms with E-state index in [1.54, 1.807) is 11.3 Å². The van der Waals surface area contributed by atoms with Crippen molar-refractivity contribution in [2.75, 3.05) is 19.7 Å². The van der Waals surface area contributed by atoms with Crippen molar-refractivity contribution in [1.82, 2.24) is 9.88 Å². The molecule has 1 aliphatic rings. The van der Waals surface area contributed by atoms with Gasteiger partial charge in [-0.15, -0.1) is 11.3 Å². The second kappa shape index (κ2) is 9.64. The zero-order chi connectivity index (χ0) is 18.2. The van der Waals surface area contributed by atoms with Crippen molar-refractivity contribution in [3.8, 4) is 0 Å². The Labute approximate surface area is 159 Å². The fourth-order valence-electron chi connectivity index (χ4n) is 3.14. The van der Waals surface area contributed by atoms with Crippen molar-refractivity contribution in [3.05, 3.63) is 58.1 Å². The molecule has 26 heavy (non-hydrogen) atoms. The van der Waals surface area contributed by atoms with E-state index in [1.807, 2.05) is 35.5 Å². The minimum absolute atomic E-state index is 0.175. The zero-order valence-electron chi connectivity index (χ0n) is 15.3. The van der Waals surface area contributed by atoms with Crippen LogP contribution in [0.3, 0.4) is 0 Å². The van der Waals surface area contributed by atoms with E-state index in [2.05, 4.69) is 29.3 Å². The third-order valence-corrected chi connectivity index (χ3v) is 5.64. The number of hydrogen-bond acceptors (Lipinski definition) is 4. The summed E-state index contributed by atoms with van der Waals surface area (Å²) in [5.41, 5.74) is 4.04. The Bertz CT molecular complexity index is 721. The van der Waals surface area contributed by atoms with Gasteiger partial charge in [0.1, 0.15) is 0 Å². The van der Waals surface area contributed by atoms with Gasteiger partial charge in [0, 0.05) is 31.0 Å². The summed E-state index contributed by atoms with van der Waals surface area (Å²) in [5.74, 6) is 0.186. The van der Waals surface area contributed by atoms with Gasteiger partial charge in [0.15, 0.2) is 0 Å². The van der Waals surface area contributed by atoms with Crippen LogP contribution in [0.2, 0.25) is 0 Å². The van der Waals surface area contributed by atoms with Crippen LogP contribution in [0.5, 0.6) is 0 Å². The van der Waals surface area contributed by atoms with Gasteiger partial charge in [0.25, 0.3) is 0 Å². The van der Waals surface area contributed by atoms with Gasteiger partial charge in [-0.3, -0.25) is 4.79 Å². The van der Waals surface area contributed by atoms with E-state index >= 15 is 0 Å². The summed E-state index contributed by atoms with van der Waals surface area (Å²) in [7, 11) is 0. The van der Waals surface area contributed by atoms with Crippen molar-refractivity contribution in [1.29, 1.82) is 0 Å². The highest BCUT2D eigenvalue weighted by Crippen LogP contribution is 2.17. The van der Waals surface area contributed by atoms with Crippen LogP contribution in [0.1, 0.15) is 35.4 Å². The first-order valence-electron chi connectivity index (χ1n) is 9.22. The maximum absolute atomic E-state index is 12.8. The number of aromatic nitrogens is 1. The van der Waals surface area contributed by atoms with Crippen LogP contribution in [0.15, 0.2) is 41.9 Å². The van der Waals surface area contributed by atoms with Gasteiger partial charge in [-0.05, 0) is 31.7 Å². The number of carbonyl (C=O) groups excluding carboxylic acids is 1. The van der Waals surface area contributed by atoms with E-state index < -0.39 is 0 Å². The number of hydrogen-bond donors (Lipinski definition) is 0. The van der Waals surface area contributed by atoms with Crippen molar-refractivity contribution in [2.45, 2.75) is 38.7 Å². The van der Waals surface area contributed by atoms with Gasteiger partial charge in [-0.25, -0.2) is 4.98 Å². The van der Waals surface area contributed by atoms with Gasteiger partial charge in [0.05, 0.1) is 17.3 Å². The van der Waals surface area contributed by atoms with Gasteiger partial charge in [-0.1, -0.05) is 42.5 Å². The van der Waals surface area contributed by atoms with Crippen LogP contribution in [0, 0.1) is 6.92 Å². The molecule has 1 atom stereocenters. The topological polar surface area (TPSA) is 42.4 Å². The lowest BCUT2D eigenvalue weighted by Crippen LogP contribution is -2.37. The Kier molecular flexibility index (Phi) is 6.97. The molecule has 4 nitrogen and oxygen atoms in total. The number of rotatable bonds is 8. The molecule has 1 aromatic carbocycles. The van der Waals surface area contributed by atoms with Gasteiger partial charge in [0.2, 0.25) is 5.91 Å². The largest absolute Gasteiger partial charge is 0.376 e. The molecule has 1 fully saturated rings. The number of thiazole rings is 1. The highest BCUT2D eigenvalue weighted by molar-refractivity contribution is 7.09. The molecule has 138 valence electrons. The molecule has 1 aromatic heterocycles. The molecule has 1 saturated heterocycles. The first-order chi connectivity index (χ1) is 12.7. The normalized spacial score (nSPS) is 17.0. The lowest BCUT2D eigenvalue weighted by atomic mass is 10.1. The SMILES string of the molecule is Cc1ncsc1CCC(=O)N(C/C=C/c1ccccc1)CC1CCCO1. The number of benzene rings is 1. The minimum atomic E-state index is 0.175. The van der Waals surface area contributed by atoms with Crippen LogP contribution in [0.25, 0.3) is 6.08 Å². The molecule has 1 aliphatic heterocycles. The number of aryl methyl sites for hydroxylation is 2. The monoisotopic (exact) mass is 370 g/mol. The van der Waals surface area contributed by atoms with E-state index in [4.69, 9.17) is 4.74 Å². The van der Waals surface area contributed by atoms with Gasteiger partial charge < -0.3 is 9.64 Å². The molecule has 1 amide bonds. The third-order valence-electron chi connectivity index (χ3n) is 4.65. The summed E-state index contributed by atoms with van der Waals surface area (Å²) in [4.78, 5) is 20.2. The van der Waals surface area contributed by atoms with E-state index in [-0.39, 0.29) is 12.0 Å². The van der Waals surface area contributed by atoms with Crippen LogP contribution in [0.4, 0.5) is 0 Å². The second-order valence-electron chi connectivity index (χ2n) is 6.61. The van der Waals surface area contributed by atoms with Crippen LogP contribution >= 0.6 is 11.3 Å². The Morgan fingerprint density at radius 3 is 2.92 bits per heavy atom. The lowest BCUT2D eigenvalue weighted by Gasteiger charge is -2.24. The molecule has 0 aliphatic carbocycles. The van der Waals surface area contributed by atoms with Crippen molar-refractivity contribution in [2.24, 2.45) is 0 Å². The van der Waals surface area contributed by atoms with Gasteiger partial charge in [-0.2, -0.15) is 0 Å². The van der Waals surface area contributed by atoms with Crippen LogP contribution < -0.4 is 0 Å². The first kappa shape index (κ1) is 18.8. The molecule has 0 radical (unpaired) electrons. The maximum atomic E-state index is 12.8. The van der Waals surface area contributed by atoms with Crippen LogP contribution in [-0.4, -0.2) is 41.6 Å². The Hall–Kier alpha value is -1.98. The molecule has 3 rings (SSSR count). The van der Waals surface area contributed by atoms with E-state index in [9.17, 15) is 4.79 Å². The molecule has 2 heterocycles. The number of ether oxygens (including phenoxy) is 1. The average Bonchev–Trinajstić information content (AvgIpc) is 3.31. The molecule has 1 unspecified atom stereocenters. The highest BCUT2D eigenvalue weighted by Gasteiger charge is 2.22. The molecule has 5 heteroatoms. The zero-order valence-corrected chi connectivity index (χ0v) is 16.1. The molecule has 0 saturated carbocycles. The lowest BCUT2D eigenvalue weighted by molar-refractivity contribution is -0.132. The molecule has 0 spiro atoms. The number of amides is 1. The quantitative estimate of drug-likeness (QED) is 0.702. The average molecular weight is 371 g/mol. The predicted molar refractivity (Wildman–Crippen MR) is 106 cm³/mol. The fraction of sp³-hybridized carbons (Fsp3) is 0.429. The maximum Gasteiger partial charge on any atom is 0.223 e. The molecular weight excluding hydrogens is 344 g/mol. The Balaban J connectivity index is 1.58. The smallest absolute Gasteiger partial charge is 0.223 e. The molecular formula is C21H26N2O2S. The van der Waals surface area contributed by atoms with Crippen LogP contribution in [-0.2, 0) is 16.0 Å². The van der Waals surface area contributed by atoms with Crippen molar-refractivity contribution in [3.63, 3.8) is 0 Å². The Morgan fingerprint density at radius 2 is 2.23 bits per heavy atom. The standard InChI is InChI=1S/C21H26N2O2S/c1-17-20(26-16-22-17)11-12-21(24)23(15-19-10-6-14-25-19)13-5-9-18-7-3-2-4-8-18/h2-5,7-9,16,19H,6,10-15H2,1H3/b9-5+. The van der Waals surface area contributed by atoms with Gasteiger partial charge >= 0.3 is 0 Å². The Morgan fingerprint density at radius 1 is 1.38 bits per heavy atom. The summed E-state index contributed by atoms with van der Waals surface area (Å²) >= 11 is 1.63. The molecule has 0 bridgehead atoms.